The van der Waals surface area contributed by atoms with Gasteiger partial charge in [-0.1, -0.05) is 12.1 Å². The minimum absolute atomic E-state index is 0.475. The van der Waals surface area contributed by atoms with Crippen molar-refractivity contribution in [2.45, 2.75) is 20.8 Å². The second-order valence-corrected chi connectivity index (χ2v) is 5.91. The van der Waals surface area contributed by atoms with Crippen LogP contribution in [0.25, 0.3) is 21.8 Å². The predicted molar refractivity (Wildman–Crippen MR) is 87.2 cm³/mol. The molecule has 0 aliphatic carbocycles. The van der Waals surface area contributed by atoms with Crippen molar-refractivity contribution in [3.8, 4) is 21.8 Å². The Bertz CT molecular complexity index is 808. The third-order valence-electron chi connectivity index (χ3n) is 3.48. The topological polar surface area (TPSA) is 64.7 Å². The molecular weight excluding hydrogens is 280 g/mol. The molecule has 0 saturated carbocycles. The Balaban J connectivity index is 2.01. The number of rotatable bonds is 2. The Morgan fingerprint density at radius 3 is 2.57 bits per heavy atom. The van der Waals surface area contributed by atoms with E-state index >= 15 is 0 Å². The summed E-state index contributed by atoms with van der Waals surface area (Å²) >= 11 is 1.56. The average Bonchev–Trinajstić information content (AvgIpc) is 2.91. The Kier molecular flexibility index (Phi) is 3.43. The van der Waals surface area contributed by atoms with Crippen LogP contribution in [-0.4, -0.2) is 15.0 Å². The molecule has 0 radical (unpaired) electrons. The summed E-state index contributed by atoms with van der Waals surface area (Å²) in [6, 6.07) is 6.37. The number of anilines is 1. The lowest BCUT2D eigenvalue weighted by atomic mass is 10.1. The molecule has 0 bridgehead atoms. The molecule has 0 aliphatic rings. The monoisotopic (exact) mass is 296 g/mol. The molecular formula is C16H16N4S. The van der Waals surface area contributed by atoms with Crippen LogP contribution in [0.5, 0.6) is 0 Å². The zero-order chi connectivity index (χ0) is 15.0. The normalized spacial score (nSPS) is 10.8. The summed E-state index contributed by atoms with van der Waals surface area (Å²) in [5, 5.41) is 2.89. The maximum absolute atomic E-state index is 5.96. The Labute approximate surface area is 127 Å². The number of aryl methyl sites for hydroxylation is 3. The highest BCUT2D eigenvalue weighted by Crippen LogP contribution is 2.31. The second-order valence-electron chi connectivity index (χ2n) is 5.05. The molecule has 5 heteroatoms. The predicted octanol–water partition coefficient (Wildman–Crippen LogP) is 3.77. The van der Waals surface area contributed by atoms with Crippen LogP contribution in [0.3, 0.4) is 0 Å². The summed E-state index contributed by atoms with van der Waals surface area (Å²) < 4.78 is 0. The maximum Gasteiger partial charge on any atom is 0.137 e. The first-order valence-corrected chi connectivity index (χ1v) is 7.55. The molecule has 0 saturated heterocycles. The van der Waals surface area contributed by atoms with E-state index in [0.717, 1.165) is 21.8 Å². The summed E-state index contributed by atoms with van der Waals surface area (Å²) in [4.78, 5) is 13.1. The van der Waals surface area contributed by atoms with Crippen LogP contribution in [0.2, 0.25) is 0 Å². The highest BCUT2D eigenvalue weighted by molar-refractivity contribution is 7.13. The Morgan fingerprint density at radius 1 is 1.05 bits per heavy atom. The molecule has 2 N–H and O–H groups in total. The van der Waals surface area contributed by atoms with E-state index in [1.165, 1.54) is 11.1 Å². The molecule has 0 fully saturated rings. The van der Waals surface area contributed by atoms with E-state index in [4.69, 9.17) is 5.73 Å². The first-order valence-electron chi connectivity index (χ1n) is 6.67. The number of nitrogens with zero attached hydrogens (tertiary/aromatic N) is 3. The number of aromatic nitrogens is 3. The molecule has 106 valence electrons. The zero-order valence-electron chi connectivity index (χ0n) is 12.2. The van der Waals surface area contributed by atoms with Crippen molar-refractivity contribution in [3.63, 3.8) is 0 Å². The number of hydrogen-bond acceptors (Lipinski definition) is 5. The lowest BCUT2D eigenvalue weighted by Crippen LogP contribution is -1.98. The molecule has 21 heavy (non-hydrogen) atoms. The third-order valence-corrected chi connectivity index (χ3v) is 4.35. The van der Waals surface area contributed by atoms with E-state index in [0.29, 0.717) is 11.6 Å². The van der Waals surface area contributed by atoms with Crippen molar-refractivity contribution < 1.29 is 0 Å². The van der Waals surface area contributed by atoms with Crippen LogP contribution in [0.1, 0.15) is 17.0 Å². The van der Waals surface area contributed by atoms with Gasteiger partial charge in [-0.3, -0.25) is 0 Å². The molecule has 2 heterocycles. The first-order chi connectivity index (χ1) is 10.0. The largest absolute Gasteiger partial charge is 0.383 e. The lowest BCUT2D eigenvalue weighted by Gasteiger charge is -2.03. The van der Waals surface area contributed by atoms with Crippen molar-refractivity contribution in [1.82, 2.24) is 15.0 Å². The summed E-state index contributed by atoms with van der Waals surface area (Å²) in [5.41, 5.74) is 11.4. The smallest absolute Gasteiger partial charge is 0.137 e. The summed E-state index contributed by atoms with van der Waals surface area (Å²) in [6.07, 6.45) is 1.74. The van der Waals surface area contributed by atoms with E-state index in [-0.39, 0.29) is 0 Å². The van der Waals surface area contributed by atoms with E-state index in [1.54, 1.807) is 17.5 Å². The molecule has 0 amide bonds. The van der Waals surface area contributed by atoms with Gasteiger partial charge in [-0.15, -0.1) is 11.3 Å². The molecule has 0 atom stereocenters. The van der Waals surface area contributed by atoms with Crippen molar-refractivity contribution in [1.29, 1.82) is 0 Å². The van der Waals surface area contributed by atoms with Gasteiger partial charge in [-0.05, 0) is 38.0 Å². The van der Waals surface area contributed by atoms with Gasteiger partial charge in [0.2, 0.25) is 0 Å². The van der Waals surface area contributed by atoms with E-state index in [1.807, 2.05) is 12.3 Å². The molecule has 3 rings (SSSR count). The van der Waals surface area contributed by atoms with Gasteiger partial charge in [0.25, 0.3) is 0 Å². The average molecular weight is 296 g/mol. The number of nitrogen functional groups attached to an aromatic ring is 1. The third kappa shape index (κ3) is 2.64. The zero-order valence-corrected chi connectivity index (χ0v) is 13.0. The molecule has 0 unspecified atom stereocenters. The summed E-state index contributed by atoms with van der Waals surface area (Å²) in [5.74, 6) is 1.14. The van der Waals surface area contributed by atoms with Crippen molar-refractivity contribution in [2.75, 3.05) is 5.73 Å². The molecule has 0 spiro atoms. The molecule has 4 nitrogen and oxygen atoms in total. The quantitative estimate of drug-likeness (QED) is 0.781. The van der Waals surface area contributed by atoms with Crippen molar-refractivity contribution in [3.05, 3.63) is 46.7 Å². The SMILES string of the molecule is Cc1ncc(-c2nc(-c3ccc(C)c(C)c3)cs2)c(N)n1. The number of hydrogen-bond donors (Lipinski definition) is 1. The van der Waals surface area contributed by atoms with Gasteiger partial charge >= 0.3 is 0 Å². The Morgan fingerprint density at radius 2 is 1.86 bits per heavy atom. The molecule has 1 aromatic carbocycles. The van der Waals surface area contributed by atoms with Crippen LogP contribution in [0.15, 0.2) is 29.8 Å². The van der Waals surface area contributed by atoms with Gasteiger partial charge in [0.15, 0.2) is 0 Å². The fourth-order valence-corrected chi connectivity index (χ4v) is 2.93. The minimum Gasteiger partial charge on any atom is -0.383 e. The summed E-state index contributed by atoms with van der Waals surface area (Å²) in [7, 11) is 0. The summed E-state index contributed by atoms with van der Waals surface area (Å²) in [6.45, 7) is 6.04. The number of thiazole rings is 1. The van der Waals surface area contributed by atoms with Crippen LogP contribution in [0.4, 0.5) is 5.82 Å². The van der Waals surface area contributed by atoms with Crippen LogP contribution in [-0.2, 0) is 0 Å². The van der Waals surface area contributed by atoms with Crippen molar-refractivity contribution >= 4 is 17.2 Å². The first kappa shape index (κ1) is 13.7. The molecule has 0 aliphatic heterocycles. The van der Waals surface area contributed by atoms with E-state index in [2.05, 4.69) is 47.0 Å². The highest BCUT2D eigenvalue weighted by atomic mass is 32.1. The standard InChI is InChI=1S/C16H16N4S/c1-9-4-5-12(6-10(9)2)14-8-21-16(20-14)13-7-18-11(3)19-15(13)17/h4-8H,1-3H3,(H2,17,18,19). The van der Waals surface area contributed by atoms with Gasteiger partial charge in [0.05, 0.1) is 11.3 Å². The minimum atomic E-state index is 0.475. The highest BCUT2D eigenvalue weighted by Gasteiger charge is 2.11. The maximum atomic E-state index is 5.96. The molecule has 2 aromatic heterocycles. The number of nitrogens with two attached hydrogens (primary N) is 1. The lowest BCUT2D eigenvalue weighted by molar-refractivity contribution is 1.06. The van der Waals surface area contributed by atoms with Crippen LogP contribution in [0, 0.1) is 20.8 Å². The van der Waals surface area contributed by atoms with Crippen molar-refractivity contribution in [2.24, 2.45) is 0 Å². The van der Waals surface area contributed by atoms with E-state index in [9.17, 15) is 0 Å². The van der Waals surface area contributed by atoms with Gasteiger partial charge < -0.3 is 5.73 Å². The molecule has 3 aromatic rings. The van der Waals surface area contributed by atoms with Gasteiger partial charge in [-0.25, -0.2) is 15.0 Å². The second kappa shape index (κ2) is 5.26. The van der Waals surface area contributed by atoms with Crippen LogP contribution < -0.4 is 5.73 Å². The number of benzene rings is 1. The fourth-order valence-electron chi connectivity index (χ4n) is 2.08. The fraction of sp³-hybridized carbons (Fsp3) is 0.188. The van der Waals surface area contributed by atoms with Gasteiger partial charge in [-0.2, -0.15) is 0 Å². The van der Waals surface area contributed by atoms with Gasteiger partial charge in [0.1, 0.15) is 16.6 Å². The van der Waals surface area contributed by atoms with Gasteiger partial charge in [0, 0.05) is 17.1 Å². The van der Waals surface area contributed by atoms with E-state index < -0.39 is 0 Å². The van der Waals surface area contributed by atoms with Crippen LogP contribution >= 0.6 is 11.3 Å². The Hall–Kier alpha value is -2.27.